The van der Waals surface area contributed by atoms with Gasteiger partial charge >= 0.3 is 0 Å². The van der Waals surface area contributed by atoms with E-state index in [1.807, 2.05) is 41.8 Å². The van der Waals surface area contributed by atoms with Crippen LogP contribution in [-0.4, -0.2) is 38.6 Å². The van der Waals surface area contributed by atoms with Gasteiger partial charge in [0.1, 0.15) is 23.4 Å². The second-order valence-corrected chi connectivity index (χ2v) is 6.60. The van der Waals surface area contributed by atoms with Crippen LogP contribution in [0.5, 0.6) is 0 Å². The Balaban J connectivity index is 1.56. The summed E-state index contributed by atoms with van der Waals surface area (Å²) < 4.78 is 7.36. The number of aliphatic hydroxyl groups excluding tert-OH is 1. The van der Waals surface area contributed by atoms with Crippen LogP contribution >= 0.6 is 0 Å². The van der Waals surface area contributed by atoms with Crippen LogP contribution in [0, 0.1) is 12.8 Å². The lowest BCUT2D eigenvalue weighted by molar-refractivity contribution is -0.134. The summed E-state index contributed by atoms with van der Waals surface area (Å²) in [5, 5.41) is 10.6. The summed E-state index contributed by atoms with van der Waals surface area (Å²) in [7, 11) is 1.88. The highest BCUT2D eigenvalue weighted by Gasteiger charge is 2.30. The third kappa shape index (κ3) is 3.70. The number of likely N-dealkylation sites (tertiary alicyclic amines) is 1. The molecule has 0 aromatic carbocycles. The first kappa shape index (κ1) is 16.8. The second-order valence-electron chi connectivity index (χ2n) is 6.60. The van der Waals surface area contributed by atoms with Crippen LogP contribution in [-0.2, 0) is 18.3 Å². The first-order chi connectivity index (χ1) is 11.5. The fourth-order valence-corrected chi connectivity index (χ4v) is 3.37. The largest absolute Gasteiger partial charge is 0.466 e. The minimum absolute atomic E-state index is 0.0367. The average molecular weight is 331 g/mol. The number of aryl methyl sites for hydroxylation is 3. The van der Waals surface area contributed by atoms with Crippen LogP contribution in [0.15, 0.2) is 28.9 Å². The van der Waals surface area contributed by atoms with Gasteiger partial charge < -0.3 is 19.0 Å². The molecule has 0 radical (unpaired) electrons. The summed E-state index contributed by atoms with van der Waals surface area (Å²) in [5.41, 5.74) is 0. The van der Waals surface area contributed by atoms with Crippen molar-refractivity contribution in [2.45, 2.75) is 38.7 Å². The summed E-state index contributed by atoms with van der Waals surface area (Å²) in [5.74, 6) is 2.55. The van der Waals surface area contributed by atoms with E-state index in [0.29, 0.717) is 25.2 Å². The van der Waals surface area contributed by atoms with Gasteiger partial charge in [0.05, 0.1) is 0 Å². The summed E-state index contributed by atoms with van der Waals surface area (Å²) >= 11 is 0. The van der Waals surface area contributed by atoms with Crippen LogP contribution < -0.4 is 0 Å². The number of imidazole rings is 1. The molecule has 24 heavy (non-hydrogen) atoms. The van der Waals surface area contributed by atoms with Crippen LogP contribution in [0.2, 0.25) is 0 Å². The minimum Gasteiger partial charge on any atom is -0.466 e. The van der Waals surface area contributed by atoms with Crippen molar-refractivity contribution in [3.05, 3.63) is 41.9 Å². The number of furan rings is 1. The molecule has 0 spiro atoms. The van der Waals surface area contributed by atoms with Gasteiger partial charge in [-0.05, 0) is 31.9 Å². The minimum atomic E-state index is -0.631. The number of aromatic nitrogens is 2. The van der Waals surface area contributed by atoms with Crippen LogP contribution in [0.4, 0.5) is 0 Å². The smallest absolute Gasteiger partial charge is 0.223 e. The molecule has 0 bridgehead atoms. The standard InChI is InChI=1S/C18H25N3O3/c1-13-5-6-15(24-13)7-8-16(22)21-10-3-4-14(12-21)17(23)18-19-9-11-20(18)2/h5-6,9,11,14,17,23H,3-4,7-8,10,12H2,1-2H3. The number of amides is 1. The quantitative estimate of drug-likeness (QED) is 0.912. The molecule has 2 aromatic rings. The van der Waals surface area contributed by atoms with Crippen LogP contribution in [0.1, 0.15) is 42.7 Å². The van der Waals surface area contributed by atoms with Crippen molar-refractivity contribution in [2.24, 2.45) is 13.0 Å². The first-order valence-electron chi connectivity index (χ1n) is 8.53. The van der Waals surface area contributed by atoms with E-state index < -0.39 is 6.10 Å². The Morgan fingerprint density at radius 2 is 2.33 bits per heavy atom. The fraction of sp³-hybridized carbons (Fsp3) is 0.556. The summed E-state index contributed by atoms with van der Waals surface area (Å²) in [6, 6.07) is 3.84. The Morgan fingerprint density at radius 1 is 1.50 bits per heavy atom. The molecule has 0 aliphatic carbocycles. The Morgan fingerprint density at radius 3 is 3.00 bits per heavy atom. The third-order valence-corrected chi connectivity index (χ3v) is 4.76. The van der Waals surface area contributed by atoms with Crippen molar-refractivity contribution < 1.29 is 14.3 Å². The highest BCUT2D eigenvalue weighted by molar-refractivity contribution is 5.76. The number of carbonyl (C=O) groups is 1. The topological polar surface area (TPSA) is 71.5 Å². The zero-order valence-electron chi connectivity index (χ0n) is 14.3. The number of aliphatic hydroxyl groups is 1. The lowest BCUT2D eigenvalue weighted by Crippen LogP contribution is -2.42. The molecule has 1 amide bonds. The van der Waals surface area contributed by atoms with E-state index >= 15 is 0 Å². The van der Waals surface area contributed by atoms with Gasteiger partial charge in [-0.1, -0.05) is 0 Å². The normalized spacial score (nSPS) is 19.5. The first-order valence-corrected chi connectivity index (χ1v) is 8.53. The van der Waals surface area contributed by atoms with E-state index in [0.717, 1.165) is 30.9 Å². The van der Waals surface area contributed by atoms with Gasteiger partial charge in [-0.2, -0.15) is 0 Å². The van der Waals surface area contributed by atoms with Crippen molar-refractivity contribution in [3.63, 3.8) is 0 Å². The number of carbonyl (C=O) groups excluding carboxylic acids is 1. The second kappa shape index (κ2) is 7.21. The molecule has 2 atom stereocenters. The summed E-state index contributed by atoms with van der Waals surface area (Å²) in [6.45, 7) is 3.25. The van der Waals surface area contributed by atoms with Gasteiger partial charge in [-0.15, -0.1) is 0 Å². The maximum Gasteiger partial charge on any atom is 0.223 e. The summed E-state index contributed by atoms with van der Waals surface area (Å²) in [4.78, 5) is 18.6. The molecule has 1 aliphatic heterocycles. The average Bonchev–Trinajstić information content (AvgIpc) is 3.20. The zero-order valence-corrected chi connectivity index (χ0v) is 14.3. The maximum atomic E-state index is 12.5. The predicted octanol–water partition coefficient (Wildman–Crippen LogP) is 2.23. The van der Waals surface area contributed by atoms with Gasteiger partial charge in [-0.3, -0.25) is 4.79 Å². The molecule has 1 aliphatic rings. The molecule has 130 valence electrons. The number of hydrogen-bond acceptors (Lipinski definition) is 4. The van der Waals surface area contributed by atoms with E-state index in [1.165, 1.54) is 0 Å². The third-order valence-electron chi connectivity index (χ3n) is 4.76. The van der Waals surface area contributed by atoms with E-state index in [9.17, 15) is 9.90 Å². The van der Waals surface area contributed by atoms with E-state index in [2.05, 4.69) is 4.98 Å². The van der Waals surface area contributed by atoms with Crippen molar-refractivity contribution >= 4 is 5.91 Å². The monoisotopic (exact) mass is 331 g/mol. The van der Waals surface area contributed by atoms with Crippen molar-refractivity contribution in [1.82, 2.24) is 14.5 Å². The molecule has 1 N–H and O–H groups in total. The van der Waals surface area contributed by atoms with Crippen LogP contribution in [0.25, 0.3) is 0 Å². The number of rotatable bonds is 5. The van der Waals surface area contributed by atoms with Gasteiger partial charge in [0.25, 0.3) is 0 Å². The number of hydrogen-bond donors (Lipinski definition) is 1. The SMILES string of the molecule is Cc1ccc(CCC(=O)N2CCCC(C(O)c3nccn3C)C2)o1. The molecule has 6 heteroatoms. The van der Waals surface area contributed by atoms with Crippen molar-refractivity contribution in [2.75, 3.05) is 13.1 Å². The lowest BCUT2D eigenvalue weighted by Gasteiger charge is -2.35. The van der Waals surface area contributed by atoms with E-state index in [1.54, 1.807) is 6.20 Å². The molecule has 1 saturated heterocycles. The van der Waals surface area contributed by atoms with E-state index in [-0.39, 0.29) is 11.8 Å². The predicted molar refractivity (Wildman–Crippen MR) is 89.2 cm³/mol. The van der Waals surface area contributed by atoms with Crippen molar-refractivity contribution in [3.8, 4) is 0 Å². The Hall–Kier alpha value is -2.08. The van der Waals surface area contributed by atoms with E-state index in [4.69, 9.17) is 4.42 Å². The molecule has 1 fully saturated rings. The molecule has 2 aromatic heterocycles. The van der Waals surface area contributed by atoms with Gasteiger partial charge in [0.15, 0.2) is 0 Å². The van der Waals surface area contributed by atoms with Gasteiger partial charge in [0, 0.05) is 51.3 Å². The van der Waals surface area contributed by atoms with Gasteiger partial charge in [0.2, 0.25) is 5.91 Å². The molecular weight excluding hydrogens is 306 g/mol. The van der Waals surface area contributed by atoms with Crippen molar-refractivity contribution in [1.29, 1.82) is 0 Å². The maximum absolute atomic E-state index is 12.5. The Kier molecular flexibility index (Phi) is 5.04. The highest BCUT2D eigenvalue weighted by Crippen LogP contribution is 2.29. The lowest BCUT2D eigenvalue weighted by atomic mass is 9.91. The zero-order chi connectivity index (χ0) is 17.1. The molecule has 0 saturated carbocycles. The van der Waals surface area contributed by atoms with Gasteiger partial charge in [-0.25, -0.2) is 4.98 Å². The molecule has 3 heterocycles. The number of piperidine rings is 1. The highest BCUT2D eigenvalue weighted by atomic mass is 16.3. The Labute approximate surface area is 142 Å². The fourth-order valence-electron chi connectivity index (χ4n) is 3.37. The molecule has 6 nitrogen and oxygen atoms in total. The molecule has 3 rings (SSSR count). The Bertz CT molecular complexity index is 691. The van der Waals surface area contributed by atoms with Crippen LogP contribution in [0.3, 0.4) is 0 Å². The number of nitrogens with zero attached hydrogens (tertiary/aromatic N) is 3. The summed E-state index contributed by atoms with van der Waals surface area (Å²) in [6.07, 6.45) is 5.78. The molecule has 2 unspecified atom stereocenters. The molecular formula is C18H25N3O3.